The molecule has 89 heavy (non-hydrogen) atoms. The molecule has 2 heterocycles. The molecule has 8 aromatic carbocycles. The highest BCUT2D eigenvalue weighted by molar-refractivity contribution is 6.63. The molecule has 0 aliphatic rings. The normalized spacial score (nSPS) is 8.69. The van der Waals surface area contributed by atoms with Gasteiger partial charge in [0.25, 0.3) is 0 Å². The van der Waals surface area contributed by atoms with Gasteiger partial charge in [-0.05, 0) is 120 Å². The molecule has 482 valence electrons. The van der Waals surface area contributed by atoms with Crippen molar-refractivity contribution in [2.24, 2.45) is 0 Å². The number of aromatic nitrogens is 2. The zero-order chi connectivity index (χ0) is 67.9. The van der Waals surface area contributed by atoms with Gasteiger partial charge in [-0.1, -0.05) is 330 Å². The van der Waals surface area contributed by atoms with Crippen LogP contribution in [0.1, 0.15) is 177 Å². The van der Waals surface area contributed by atoms with Gasteiger partial charge in [-0.3, -0.25) is 14.6 Å². The maximum absolute atomic E-state index is 11.7. The van der Waals surface area contributed by atoms with Crippen LogP contribution in [0.2, 0.25) is 5.15 Å². The molecule has 10 rings (SSSR count). The molecule has 0 spiro atoms. The van der Waals surface area contributed by atoms with Crippen LogP contribution in [0.25, 0.3) is 21.8 Å². The Hall–Kier alpha value is -7.90. The minimum atomic E-state index is -0.270. The van der Waals surface area contributed by atoms with E-state index in [9.17, 15) is 9.59 Å². The number of hydrogen-bond acceptors (Lipinski definition) is 5. The summed E-state index contributed by atoms with van der Waals surface area (Å²) >= 11 is 11.4. The highest BCUT2D eigenvalue weighted by Gasteiger charge is 2.07. The summed E-state index contributed by atoms with van der Waals surface area (Å²) in [6.45, 7) is 38.1. The summed E-state index contributed by atoms with van der Waals surface area (Å²) in [6, 6.07) is 80.4. The van der Waals surface area contributed by atoms with Crippen molar-refractivity contribution in [2.45, 2.75) is 170 Å². The van der Waals surface area contributed by atoms with Crippen LogP contribution < -0.4 is 11.1 Å². The van der Waals surface area contributed by atoms with E-state index >= 15 is 0 Å². The number of anilines is 2. The number of carbonyl (C=O) groups excluding carboxylic acids is 2. The first-order chi connectivity index (χ1) is 43.7. The number of nitrogens with zero attached hydrogens (tertiary/aromatic N) is 2. The van der Waals surface area contributed by atoms with Crippen LogP contribution in [0, 0.1) is 6.92 Å². The molecule has 0 unspecified atom stereocenters. The maximum Gasteiger partial charge on any atom is 0.224 e. The first kappa shape index (κ1) is 87.5. The molecule has 1 amide bonds. The number of nitrogen functional groups attached to an aromatic ring is 1. The second-order valence-corrected chi connectivity index (χ2v) is 17.3. The van der Waals surface area contributed by atoms with Gasteiger partial charge in [0.1, 0.15) is 5.15 Å². The van der Waals surface area contributed by atoms with Crippen LogP contribution >= 0.6 is 23.2 Å². The van der Waals surface area contributed by atoms with Crippen molar-refractivity contribution >= 4 is 67.5 Å². The molecule has 6 nitrogen and oxygen atoms in total. The summed E-state index contributed by atoms with van der Waals surface area (Å²) < 4.78 is 0. The Morgan fingerprint density at radius 3 is 1.06 bits per heavy atom. The van der Waals surface area contributed by atoms with Crippen LogP contribution in [-0.2, 0) is 35.3 Å². The Balaban J connectivity index is -0.000000486. The van der Waals surface area contributed by atoms with Gasteiger partial charge in [0.05, 0.1) is 11.0 Å². The number of nitrogens with one attached hydrogen (secondary N) is 1. The van der Waals surface area contributed by atoms with Gasteiger partial charge in [-0.25, -0.2) is 4.98 Å². The molecule has 0 saturated carbocycles. The first-order valence-corrected chi connectivity index (χ1v) is 33.3. The molecule has 8 heteroatoms. The fourth-order valence-corrected chi connectivity index (χ4v) is 7.62. The lowest BCUT2D eigenvalue weighted by molar-refractivity contribution is -0.116. The second kappa shape index (κ2) is 63.1. The topological polar surface area (TPSA) is 98.0 Å². The molecule has 0 atom stereocenters. The number of amides is 1. The van der Waals surface area contributed by atoms with E-state index in [1.165, 1.54) is 27.6 Å². The van der Waals surface area contributed by atoms with Crippen LogP contribution in [0.3, 0.4) is 0 Å². The molecule has 0 fully saturated rings. The smallest absolute Gasteiger partial charge is 0.224 e. The summed E-state index contributed by atoms with van der Waals surface area (Å²) in [6.07, 6.45) is 4.22. The van der Waals surface area contributed by atoms with Gasteiger partial charge in [-0.15, -0.1) is 0 Å². The Morgan fingerprint density at radius 1 is 0.382 bits per heavy atom. The predicted molar refractivity (Wildman–Crippen MR) is 400 cm³/mol. The quantitative estimate of drug-likeness (QED) is 0.0764. The zero-order valence-corrected chi connectivity index (χ0v) is 59.4. The lowest BCUT2D eigenvalue weighted by Crippen LogP contribution is -2.12. The molecule has 2 aromatic heterocycles. The van der Waals surface area contributed by atoms with Crippen LogP contribution in [0.5, 0.6) is 0 Å². The number of rotatable bonds is 11. The van der Waals surface area contributed by atoms with Gasteiger partial charge >= 0.3 is 0 Å². The molecular weight excluding hydrogens is 1130 g/mol. The van der Waals surface area contributed by atoms with Gasteiger partial charge < -0.3 is 11.1 Å². The standard InChI is InChI=1S/C17H15N.C16H12ClN.C15H15NO.C9H9ClO.C6H7N.9C2H6/c1-13-16(11-14-7-3-2-4-8-14)12-15-9-5-6-10-17(15)18-13;17-16-14(10-12-6-2-1-3-7-12)11-13-8-4-5-9-15(13)18-16;17-15(16-14-9-5-2-6-10-14)12-11-13-7-3-1-4-8-13;10-9(11)7-6-8-4-2-1-3-5-8;7-6-4-2-1-3-5-6;9*1-2/h2-10,12H,11H2,1H3;1-9,11H,10H2;1-10H,11-12H2,(H,16,17);1-5H,6-7H2;1-5H,7H2;9*1-2H3. The maximum atomic E-state index is 11.7. The first-order valence-electron chi connectivity index (χ1n) is 32.6. The number of fused-ring (bicyclic) bond motifs is 2. The van der Waals surface area contributed by atoms with E-state index in [-0.39, 0.29) is 11.1 Å². The zero-order valence-electron chi connectivity index (χ0n) is 57.9. The predicted octanol–water partition coefficient (Wildman–Crippen LogP) is 24.8. The van der Waals surface area contributed by atoms with Crippen LogP contribution in [0.4, 0.5) is 11.4 Å². The van der Waals surface area contributed by atoms with E-state index in [0.29, 0.717) is 18.0 Å². The summed E-state index contributed by atoms with van der Waals surface area (Å²) in [5, 5.41) is 5.55. The third-order valence-electron chi connectivity index (χ3n) is 11.0. The SMILES string of the molecule is CC.CC.CC.CC.CC.CC.CC.CC.CC.Cc1nc2ccccc2cc1Cc1ccccc1.Clc1nc2ccccc2cc1Cc1ccccc1.Nc1ccccc1.O=C(CCc1ccccc1)Nc1ccccc1.O=C(Cl)CCc1ccccc1. The van der Waals surface area contributed by atoms with Crippen molar-refractivity contribution in [1.82, 2.24) is 9.97 Å². The van der Waals surface area contributed by atoms with E-state index in [1.54, 1.807) is 0 Å². The fraction of sp³-hybridized carbons (Fsp3) is 0.309. The van der Waals surface area contributed by atoms with Gasteiger partial charge in [0.2, 0.25) is 11.1 Å². The number of benzene rings is 8. The van der Waals surface area contributed by atoms with Crippen LogP contribution in [0.15, 0.2) is 243 Å². The molecule has 0 aliphatic carbocycles. The van der Waals surface area contributed by atoms with Crippen molar-refractivity contribution in [2.75, 3.05) is 11.1 Å². The average Bonchev–Trinajstić information content (AvgIpc) is 1.67. The third kappa shape index (κ3) is 41.8. The van der Waals surface area contributed by atoms with Gasteiger partial charge in [-0.2, -0.15) is 0 Å². The highest BCUT2D eigenvalue weighted by Crippen LogP contribution is 2.23. The number of nitrogens with two attached hydrogens (primary N) is 1. The third-order valence-corrected chi connectivity index (χ3v) is 11.6. The van der Waals surface area contributed by atoms with E-state index in [4.69, 9.17) is 28.9 Å². The minimum Gasteiger partial charge on any atom is -0.399 e. The number of para-hydroxylation sites is 4. The number of hydrogen-bond donors (Lipinski definition) is 2. The summed E-state index contributed by atoms with van der Waals surface area (Å²) in [4.78, 5) is 31.2. The van der Waals surface area contributed by atoms with E-state index in [1.807, 2.05) is 288 Å². The number of pyridine rings is 2. The van der Waals surface area contributed by atoms with E-state index in [2.05, 4.69) is 101 Å². The van der Waals surface area contributed by atoms with E-state index in [0.717, 1.165) is 70.3 Å². The summed E-state index contributed by atoms with van der Waals surface area (Å²) in [7, 11) is 0. The highest BCUT2D eigenvalue weighted by atomic mass is 35.5. The fourth-order valence-electron chi connectivity index (χ4n) is 7.31. The lowest BCUT2D eigenvalue weighted by Gasteiger charge is -2.07. The minimum absolute atomic E-state index is 0.0556. The molecule has 3 N–H and O–H groups in total. The van der Waals surface area contributed by atoms with Crippen molar-refractivity contribution in [3.8, 4) is 0 Å². The largest absolute Gasteiger partial charge is 0.399 e. The number of carbonyl (C=O) groups is 2. The van der Waals surface area contributed by atoms with Crippen molar-refractivity contribution in [3.63, 3.8) is 0 Å². The Kier molecular flexibility index (Phi) is 62.1. The monoisotopic (exact) mass is 1240 g/mol. The average molecular weight is 1240 g/mol. The molecule has 0 aliphatic heterocycles. The van der Waals surface area contributed by atoms with Crippen molar-refractivity contribution in [1.29, 1.82) is 0 Å². The molecule has 10 aromatic rings. The molecule has 0 saturated heterocycles. The Morgan fingerprint density at radius 2 is 0.685 bits per heavy atom. The van der Waals surface area contributed by atoms with Gasteiger partial charge in [0.15, 0.2) is 0 Å². The Labute approximate surface area is 551 Å². The van der Waals surface area contributed by atoms with Crippen molar-refractivity contribution in [3.05, 3.63) is 287 Å². The number of aryl methyl sites for hydroxylation is 3. The second-order valence-electron chi connectivity index (χ2n) is 16.5. The molecule has 0 bridgehead atoms. The van der Waals surface area contributed by atoms with Crippen molar-refractivity contribution < 1.29 is 9.59 Å². The Bertz CT molecular complexity index is 3010. The summed E-state index contributed by atoms with van der Waals surface area (Å²) in [5.74, 6) is 0.0556. The molecule has 0 radical (unpaired) electrons. The van der Waals surface area contributed by atoms with Gasteiger partial charge in [0, 0.05) is 47.1 Å². The summed E-state index contributed by atoms with van der Waals surface area (Å²) in [5.41, 5.74) is 17.5. The lowest BCUT2D eigenvalue weighted by atomic mass is 10.0. The van der Waals surface area contributed by atoms with E-state index < -0.39 is 0 Å². The van der Waals surface area contributed by atoms with Crippen LogP contribution in [-0.4, -0.2) is 21.1 Å². The molecular formula is C81H112Cl2N4O2. The number of halogens is 2.